The van der Waals surface area contributed by atoms with Crippen LogP contribution in [0.4, 0.5) is 0 Å². The fourth-order valence-corrected chi connectivity index (χ4v) is 4.75. The smallest absolute Gasteiger partial charge is 0.223 e. The number of carbonyl (C=O) groups is 1. The summed E-state index contributed by atoms with van der Waals surface area (Å²) in [5, 5.41) is 0. The zero-order valence-corrected chi connectivity index (χ0v) is 14.5. The van der Waals surface area contributed by atoms with Gasteiger partial charge in [-0.3, -0.25) is 4.79 Å². The van der Waals surface area contributed by atoms with Crippen LogP contribution in [0.2, 0.25) is 0 Å². The number of hydrogen-bond acceptors (Lipinski definition) is 3. The number of methoxy groups -OCH3 is 1. The zero-order valence-electron chi connectivity index (χ0n) is 14.5. The van der Waals surface area contributed by atoms with Crippen LogP contribution in [0.15, 0.2) is 24.3 Å². The normalized spacial score (nSPS) is 25.0. The molecule has 0 radical (unpaired) electrons. The maximum Gasteiger partial charge on any atom is 0.223 e. The Morgan fingerprint density at radius 1 is 1.29 bits per heavy atom. The van der Waals surface area contributed by atoms with E-state index in [9.17, 15) is 4.79 Å². The first-order valence-electron chi connectivity index (χ1n) is 9.17. The Balaban J connectivity index is 1.29. The molecule has 1 aromatic rings. The Hall–Kier alpha value is -1.39. The second-order valence-electron chi connectivity index (χ2n) is 7.68. The third kappa shape index (κ3) is 2.86. The fourth-order valence-electron chi connectivity index (χ4n) is 4.75. The van der Waals surface area contributed by atoms with Crippen LogP contribution < -0.4 is 0 Å². The van der Waals surface area contributed by atoms with Crippen molar-refractivity contribution < 1.29 is 14.3 Å². The number of fused-ring (bicyclic) bond motifs is 1. The standard InChI is InChI=1S/C20H27NO3/c1-23-8-6-18-7-9-24-20(18)13-21(14-20)19(22)12-15-10-16-4-2-3-5-17(16)11-15/h2-5,15,18H,6-14H2,1H3. The molecule has 130 valence electrons. The Bertz CT molecular complexity index is 584. The maximum atomic E-state index is 12.6. The number of likely N-dealkylation sites (tertiary alicyclic amines) is 1. The second-order valence-corrected chi connectivity index (χ2v) is 7.68. The van der Waals surface area contributed by atoms with Gasteiger partial charge < -0.3 is 14.4 Å². The van der Waals surface area contributed by atoms with Crippen LogP contribution in [0.5, 0.6) is 0 Å². The second kappa shape index (κ2) is 6.49. The van der Waals surface area contributed by atoms with Gasteiger partial charge in [-0.2, -0.15) is 0 Å². The van der Waals surface area contributed by atoms with Gasteiger partial charge in [0.1, 0.15) is 5.60 Å². The molecular weight excluding hydrogens is 302 g/mol. The summed E-state index contributed by atoms with van der Waals surface area (Å²) in [7, 11) is 1.75. The molecule has 0 N–H and O–H groups in total. The summed E-state index contributed by atoms with van der Waals surface area (Å²) in [6, 6.07) is 8.59. The minimum absolute atomic E-state index is 0.0766. The lowest BCUT2D eigenvalue weighted by atomic mass is 9.78. The number of ether oxygens (including phenoxy) is 2. The van der Waals surface area contributed by atoms with Crippen molar-refractivity contribution in [2.45, 2.75) is 37.7 Å². The molecule has 3 aliphatic rings. The van der Waals surface area contributed by atoms with Crippen LogP contribution in [0.3, 0.4) is 0 Å². The molecular formula is C20H27NO3. The van der Waals surface area contributed by atoms with E-state index < -0.39 is 0 Å². The monoisotopic (exact) mass is 329 g/mol. The van der Waals surface area contributed by atoms with Gasteiger partial charge >= 0.3 is 0 Å². The Kier molecular flexibility index (Phi) is 4.35. The summed E-state index contributed by atoms with van der Waals surface area (Å²) in [5.41, 5.74) is 2.77. The molecule has 2 fully saturated rings. The van der Waals surface area contributed by atoms with E-state index in [4.69, 9.17) is 9.47 Å². The molecule has 0 bridgehead atoms. The average molecular weight is 329 g/mol. The number of benzene rings is 1. The Morgan fingerprint density at radius 3 is 2.67 bits per heavy atom. The van der Waals surface area contributed by atoms with Crippen LogP contribution in [0.1, 0.15) is 30.4 Å². The molecule has 1 spiro atoms. The molecule has 2 heterocycles. The van der Waals surface area contributed by atoms with Crippen LogP contribution in [-0.4, -0.2) is 49.8 Å². The van der Waals surface area contributed by atoms with Crippen molar-refractivity contribution in [1.82, 2.24) is 4.90 Å². The predicted octanol–water partition coefficient (Wildman–Crippen LogP) is 2.45. The third-order valence-corrected chi connectivity index (χ3v) is 6.14. The molecule has 0 aromatic heterocycles. The molecule has 1 aliphatic carbocycles. The lowest BCUT2D eigenvalue weighted by Gasteiger charge is -2.50. The summed E-state index contributed by atoms with van der Waals surface area (Å²) in [5.74, 6) is 1.32. The van der Waals surface area contributed by atoms with Gasteiger partial charge in [-0.15, -0.1) is 0 Å². The number of amides is 1. The molecule has 4 rings (SSSR count). The summed E-state index contributed by atoms with van der Waals surface area (Å²) in [6.45, 7) is 3.16. The highest BCUT2D eigenvalue weighted by Crippen LogP contribution is 2.42. The van der Waals surface area contributed by atoms with Crippen molar-refractivity contribution in [3.05, 3.63) is 35.4 Å². The summed E-state index contributed by atoms with van der Waals surface area (Å²) >= 11 is 0. The minimum Gasteiger partial charge on any atom is -0.385 e. The molecule has 4 heteroatoms. The van der Waals surface area contributed by atoms with Crippen LogP contribution in [0, 0.1) is 11.8 Å². The predicted molar refractivity (Wildman–Crippen MR) is 91.8 cm³/mol. The zero-order chi connectivity index (χ0) is 16.6. The summed E-state index contributed by atoms with van der Waals surface area (Å²) in [6.07, 6.45) is 4.91. The van der Waals surface area contributed by atoms with Gasteiger partial charge in [0, 0.05) is 26.7 Å². The molecule has 1 amide bonds. The fraction of sp³-hybridized carbons (Fsp3) is 0.650. The van der Waals surface area contributed by atoms with E-state index in [-0.39, 0.29) is 5.60 Å². The van der Waals surface area contributed by atoms with Crippen molar-refractivity contribution in [2.75, 3.05) is 33.4 Å². The van der Waals surface area contributed by atoms with Crippen LogP contribution in [0.25, 0.3) is 0 Å². The molecule has 1 unspecified atom stereocenters. The van der Waals surface area contributed by atoms with Gasteiger partial charge in [-0.25, -0.2) is 0 Å². The van der Waals surface area contributed by atoms with E-state index in [2.05, 4.69) is 24.3 Å². The Morgan fingerprint density at radius 2 is 2.00 bits per heavy atom. The van der Waals surface area contributed by atoms with Crippen molar-refractivity contribution in [2.24, 2.45) is 11.8 Å². The van der Waals surface area contributed by atoms with E-state index >= 15 is 0 Å². The van der Waals surface area contributed by atoms with Gasteiger partial charge in [-0.1, -0.05) is 24.3 Å². The minimum atomic E-state index is -0.0766. The number of hydrogen-bond donors (Lipinski definition) is 0. The van der Waals surface area contributed by atoms with Crippen LogP contribution in [-0.2, 0) is 27.1 Å². The highest BCUT2D eigenvalue weighted by atomic mass is 16.5. The van der Waals surface area contributed by atoms with Gasteiger partial charge in [0.05, 0.1) is 13.1 Å². The summed E-state index contributed by atoms with van der Waals surface area (Å²) < 4.78 is 11.3. The van der Waals surface area contributed by atoms with Gasteiger partial charge in [0.2, 0.25) is 5.91 Å². The Labute approximate surface area is 144 Å². The largest absolute Gasteiger partial charge is 0.385 e. The molecule has 2 saturated heterocycles. The molecule has 2 aliphatic heterocycles. The van der Waals surface area contributed by atoms with Crippen molar-refractivity contribution in [3.8, 4) is 0 Å². The van der Waals surface area contributed by atoms with Gasteiger partial charge in [0.15, 0.2) is 0 Å². The quantitative estimate of drug-likeness (QED) is 0.833. The topological polar surface area (TPSA) is 38.8 Å². The van der Waals surface area contributed by atoms with Crippen molar-refractivity contribution >= 4 is 5.91 Å². The molecule has 24 heavy (non-hydrogen) atoms. The highest BCUT2D eigenvalue weighted by Gasteiger charge is 2.54. The number of rotatable bonds is 5. The summed E-state index contributed by atoms with van der Waals surface area (Å²) in [4.78, 5) is 14.6. The number of nitrogens with zero attached hydrogens (tertiary/aromatic N) is 1. The SMILES string of the molecule is COCCC1CCOC12CN(C(=O)CC1Cc3ccccc3C1)C2. The molecule has 1 aromatic carbocycles. The highest BCUT2D eigenvalue weighted by molar-refractivity contribution is 5.78. The lowest BCUT2D eigenvalue weighted by Crippen LogP contribution is -2.66. The lowest BCUT2D eigenvalue weighted by molar-refractivity contribution is -0.166. The third-order valence-electron chi connectivity index (χ3n) is 6.14. The maximum absolute atomic E-state index is 12.6. The first-order chi connectivity index (χ1) is 11.7. The van der Waals surface area contributed by atoms with E-state index in [1.54, 1.807) is 7.11 Å². The molecule has 4 nitrogen and oxygen atoms in total. The van der Waals surface area contributed by atoms with E-state index in [0.29, 0.717) is 24.2 Å². The van der Waals surface area contributed by atoms with E-state index in [1.807, 2.05) is 4.90 Å². The van der Waals surface area contributed by atoms with Gasteiger partial charge in [-0.05, 0) is 48.6 Å². The van der Waals surface area contributed by atoms with E-state index in [1.165, 1.54) is 11.1 Å². The van der Waals surface area contributed by atoms with Gasteiger partial charge in [0.25, 0.3) is 0 Å². The molecule has 1 atom stereocenters. The average Bonchev–Trinajstić information content (AvgIpc) is 3.14. The van der Waals surface area contributed by atoms with Crippen LogP contribution >= 0.6 is 0 Å². The van der Waals surface area contributed by atoms with E-state index in [0.717, 1.165) is 52.0 Å². The number of carbonyl (C=O) groups excluding carboxylic acids is 1. The van der Waals surface area contributed by atoms with Crippen molar-refractivity contribution in [1.29, 1.82) is 0 Å². The molecule has 0 saturated carbocycles. The first-order valence-corrected chi connectivity index (χ1v) is 9.17. The first kappa shape index (κ1) is 16.1. The van der Waals surface area contributed by atoms with Crippen molar-refractivity contribution in [3.63, 3.8) is 0 Å².